The summed E-state index contributed by atoms with van der Waals surface area (Å²) < 4.78 is 6.17. The van der Waals surface area contributed by atoms with Crippen LogP contribution in [0.15, 0.2) is 22.5 Å². The molecule has 2 heteroatoms. The van der Waals surface area contributed by atoms with Crippen LogP contribution in [0.25, 0.3) is 0 Å². The summed E-state index contributed by atoms with van der Waals surface area (Å²) in [6.45, 7) is 0.738. The van der Waals surface area contributed by atoms with Gasteiger partial charge in [-0.25, -0.2) is 0 Å². The van der Waals surface area contributed by atoms with Crippen LogP contribution in [0.4, 0.5) is 0 Å². The molecule has 1 heterocycles. The fourth-order valence-corrected chi connectivity index (χ4v) is 0.720. The van der Waals surface area contributed by atoms with Gasteiger partial charge in [0.2, 0.25) is 0 Å². The quantitative estimate of drug-likeness (QED) is 0.639. The van der Waals surface area contributed by atoms with Crippen molar-refractivity contribution in [2.24, 2.45) is 0 Å². The minimum absolute atomic E-state index is 0.738. The predicted octanol–water partition coefficient (Wildman–Crippen LogP) is 0.961. The van der Waals surface area contributed by atoms with Gasteiger partial charge in [-0.15, -0.1) is 0 Å². The van der Waals surface area contributed by atoms with E-state index in [1.54, 1.807) is 6.26 Å². The van der Waals surface area contributed by atoms with E-state index in [1.807, 2.05) is 12.2 Å². The van der Waals surface area contributed by atoms with Crippen LogP contribution in [0.3, 0.4) is 0 Å². The van der Waals surface area contributed by atoms with Gasteiger partial charge in [-0.3, -0.25) is 0 Å². The molecule has 0 amide bonds. The Morgan fingerprint density at radius 2 is 2.57 bits per heavy atom. The third-order valence-electron chi connectivity index (χ3n) is 0.681. The fraction of sp³-hybridized carbons (Fsp3) is 0.200. The third kappa shape index (κ3) is 1.46. The van der Waals surface area contributed by atoms with E-state index in [0.717, 1.165) is 6.61 Å². The molecule has 1 nitrogen and oxygen atoms in total. The first-order chi connectivity index (χ1) is 3.39. The van der Waals surface area contributed by atoms with E-state index in [1.165, 1.54) is 4.09 Å². The zero-order valence-corrected chi connectivity index (χ0v) is 6.08. The van der Waals surface area contributed by atoms with Crippen molar-refractivity contribution < 1.29 is 23.6 Å². The Balaban J connectivity index is 2.58. The van der Waals surface area contributed by atoms with Gasteiger partial charge in [0.1, 0.15) is 0 Å². The summed E-state index contributed by atoms with van der Waals surface area (Å²) in [5.74, 6) is 0. The Morgan fingerprint density at radius 3 is 2.86 bits per heavy atom. The van der Waals surface area contributed by atoms with Crippen molar-refractivity contribution in [3.63, 3.8) is 0 Å². The van der Waals surface area contributed by atoms with E-state index in [-0.39, 0.29) is 0 Å². The van der Waals surface area contributed by atoms with Crippen molar-refractivity contribution in [1.29, 1.82) is 0 Å². The second-order valence-electron chi connectivity index (χ2n) is 1.20. The molecule has 1 aliphatic heterocycles. The molecule has 7 heavy (non-hydrogen) atoms. The van der Waals surface area contributed by atoms with Crippen molar-refractivity contribution in [1.82, 2.24) is 0 Å². The molecular weight excluding hydrogens is 268 g/mol. The van der Waals surface area contributed by atoms with E-state index in [2.05, 4.69) is 18.9 Å². The number of allylic oxidation sites excluding steroid dienone is 2. The fourth-order valence-electron chi connectivity index (χ4n) is 0.358. The summed E-state index contributed by atoms with van der Waals surface area (Å²) >= 11 is 2.05. The Bertz CT molecular complexity index is 115. The summed E-state index contributed by atoms with van der Waals surface area (Å²) in [5.41, 5.74) is 0. The first-order valence-corrected chi connectivity index (χ1v) is 3.21. The maximum atomic E-state index is 4.88. The normalized spacial score (nSPS) is 18.3. The Morgan fingerprint density at radius 1 is 1.71 bits per heavy atom. The van der Waals surface area contributed by atoms with Gasteiger partial charge < -0.3 is 0 Å². The number of rotatable bonds is 0. The summed E-state index contributed by atoms with van der Waals surface area (Å²) in [7, 11) is 0. The van der Waals surface area contributed by atoms with Crippen molar-refractivity contribution in [3.05, 3.63) is 22.5 Å². The van der Waals surface area contributed by atoms with E-state index < -0.39 is 0 Å². The molecule has 0 N–H and O–H groups in total. The van der Waals surface area contributed by atoms with Crippen LogP contribution in [0.2, 0.25) is 0 Å². The molecule has 0 aromatic rings. The SMILES string of the molecule is [Ir][C]1=CCOC=C1. The van der Waals surface area contributed by atoms with E-state index >= 15 is 0 Å². The zero-order valence-electron chi connectivity index (χ0n) is 3.68. The molecule has 0 bridgehead atoms. The second kappa shape index (κ2) is 2.29. The molecule has 0 unspecified atom stereocenters. The molecule has 0 spiro atoms. The molecule has 0 radical (unpaired) electrons. The first-order valence-electron chi connectivity index (χ1n) is 2.01. The van der Waals surface area contributed by atoms with Crippen molar-refractivity contribution in [2.45, 2.75) is 0 Å². The first kappa shape index (κ1) is 5.07. The average Bonchev–Trinajstić information content (AvgIpc) is 1.69. The van der Waals surface area contributed by atoms with Crippen LogP contribution in [-0.2, 0) is 23.6 Å². The van der Waals surface area contributed by atoms with E-state index in [4.69, 9.17) is 4.74 Å². The molecule has 0 saturated carbocycles. The van der Waals surface area contributed by atoms with Gasteiger partial charge in [0, 0.05) is 0 Å². The molecule has 0 atom stereocenters. The van der Waals surface area contributed by atoms with Crippen LogP contribution in [0.5, 0.6) is 0 Å². The molecule has 40 valence electrons. The van der Waals surface area contributed by atoms with Crippen molar-refractivity contribution in [3.8, 4) is 0 Å². The van der Waals surface area contributed by atoms with Gasteiger partial charge >= 0.3 is 52.7 Å². The number of hydrogen-bond donors (Lipinski definition) is 0. The van der Waals surface area contributed by atoms with Gasteiger partial charge in [-0.05, 0) is 0 Å². The second-order valence-corrected chi connectivity index (χ2v) is 2.58. The molecule has 1 aliphatic rings. The summed E-state index contributed by atoms with van der Waals surface area (Å²) in [6, 6.07) is 0. The topological polar surface area (TPSA) is 9.23 Å². The van der Waals surface area contributed by atoms with Crippen LogP contribution >= 0.6 is 0 Å². The minimum atomic E-state index is 0.738. The summed E-state index contributed by atoms with van der Waals surface area (Å²) in [4.78, 5) is 0. The molecule has 0 fully saturated rings. The van der Waals surface area contributed by atoms with Gasteiger partial charge in [0.05, 0.1) is 0 Å². The predicted molar refractivity (Wildman–Crippen MR) is 23.2 cm³/mol. The molecule has 0 aliphatic carbocycles. The molecule has 0 saturated heterocycles. The summed E-state index contributed by atoms with van der Waals surface area (Å²) in [5, 5.41) is 0. The van der Waals surface area contributed by atoms with Gasteiger partial charge in [-0.2, -0.15) is 0 Å². The molecule has 0 aromatic carbocycles. The van der Waals surface area contributed by atoms with Crippen LogP contribution in [0.1, 0.15) is 0 Å². The van der Waals surface area contributed by atoms with E-state index in [0.29, 0.717) is 0 Å². The standard InChI is InChI=1S/C5H5O.Ir/c1-2-4-6-5-3-1;/h2-4H,5H2;. The van der Waals surface area contributed by atoms with Crippen molar-refractivity contribution >= 4 is 0 Å². The summed E-state index contributed by atoms with van der Waals surface area (Å²) in [6.07, 6.45) is 5.71. The molecular formula is C5H5IrO. The number of ether oxygens (including phenoxy) is 1. The van der Waals surface area contributed by atoms with Gasteiger partial charge in [-0.1, -0.05) is 0 Å². The van der Waals surface area contributed by atoms with Crippen LogP contribution in [-0.4, -0.2) is 6.61 Å². The zero-order chi connectivity index (χ0) is 5.11. The average molecular weight is 273 g/mol. The van der Waals surface area contributed by atoms with Crippen LogP contribution < -0.4 is 0 Å². The van der Waals surface area contributed by atoms with Crippen LogP contribution in [0, 0.1) is 0 Å². The Kier molecular flexibility index (Phi) is 1.66. The van der Waals surface area contributed by atoms with Gasteiger partial charge in [0.15, 0.2) is 0 Å². The van der Waals surface area contributed by atoms with Crippen molar-refractivity contribution in [2.75, 3.05) is 6.61 Å². The third-order valence-corrected chi connectivity index (χ3v) is 1.57. The Hall–Kier alpha value is -0.0706. The van der Waals surface area contributed by atoms with E-state index in [9.17, 15) is 0 Å². The monoisotopic (exact) mass is 274 g/mol. The Labute approximate surface area is 53.2 Å². The molecule has 1 rings (SSSR count). The number of hydrogen-bond acceptors (Lipinski definition) is 1. The molecule has 0 aromatic heterocycles. The maximum absolute atomic E-state index is 4.88. The van der Waals surface area contributed by atoms with Gasteiger partial charge in [0.25, 0.3) is 0 Å².